The van der Waals surface area contributed by atoms with Crippen LogP contribution in [0.25, 0.3) is 0 Å². The van der Waals surface area contributed by atoms with E-state index in [1.165, 1.54) is 12.5 Å². The van der Waals surface area contributed by atoms with Gasteiger partial charge in [-0.2, -0.15) is 0 Å². The van der Waals surface area contributed by atoms with Crippen LogP contribution in [-0.2, 0) is 9.47 Å². The minimum Gasteiger partial charge on any atom is -0.387 e. The Bertz CT molecular complexity index is 186. The van der Waals surface area contributed by atoms with Crippen molar-refractivity contribution < 1.29 is 24.8 Å². The second kappa shape index (κ2) is 4.41. The zero-order chi connectivity index (χ0) is 10.0. The lowest BCUT2D eigenvalue weighted by atomic mass is 10.0. The lowest BCUT2D eigenvalue weighted by Crippen LogP contribution is -2.58. The monoisotopic (exact) mass is 208 g/mol. The zero-order valence-corrected chi connectivity index (χ0v) is 7.85. The minimum atomic E-state index is -1.30. The van der Waals surface area contributed by atoms with Crippen molar-refractivity contribution in [3.63, 3.8) is 0 Å². The van der Waals surface area contributed by atoms with E-state index in [2.05, 4.69) is 12.2 Å². The van der Waals surface area contributed by atoms with Crippen LogP contribution in [0.1, 0.15) is 0 Å². The molecular formula is C7H12O5S. The highest BCUT2D eigenvalue weighted by Gasteiger charge is 2.42. The highest BCUT2D eigenvalue weighted by atomic mass is 32.1. The van der Waals surface area contributed by atoms with Gasteiger partial charge in [-0.3, -0.25) is 0 Å². The SMILES string of the molecule is CO[C@H]1O[C@H](C=S)[C@H](O)[C@H](O)[C@H]1O. The number of aliphatic hydroxyl groups excluding tert-OH is 3. The molecule has 0 aromatic rings. The smallest absolute Gasteiger partial charge is 0.186 e. The minimum absolute atomic E-state index is 0.793. The van der Waals surface area contributed by atoms with Crippen molar-refractivity contribution in [2.75, 3.05) is 7.11 Å². The predicted molar refractivity (Wildman–Crippen MR) is 47.3 cm³/mol. The summed E-state index contributed by atoms with van der Waals surface area (Å²) in [4.78, 5) is 0. The lowest BCUT2D eigenvalue weighted by Gasteiger charge is -2.38. The molecule has 5 atom stereocenters. The first-order chi connectivity index (χ1) is 6.11. The molecule has 0 unspecified atom stereocenters. The Morgan fingerprint density at radius 1 is 1.23 bits per heavy atom. The van der Waals surface area contributed by atoms with Crippen LogP contribution in [-0.4, -0.2) is 58.5 Å². The largest absolute Gasteiger partial charge is 0.387 e. The summed E-state index contributed by atoms with van der Waals surface area (Å²) in [6.45, 7) is 0. The Hall–Kier alpha value is -0.110. The highest BCUT2D eigenvalue weighted by Crippen LogP contribution is 2.20. The summed E-state index contributed by atoms with van der Waals surface area (Å²) in [5.41, 5.74) is 0. The van der Waals surface area contributed by atoms with E-state index < -0.39 is 30.7 Å². The molecular weight excluding hydrogens is 196 g/mol. The van der Waals surface area contributed by atoms with Gasteiger partial charge in [-0.15, -0.1) is 0 Å². The maximum atomic E-state index is 9.33. The average molecular weight is 208 g/mol. The van der Waals surface area contributed by atoms with Crippen molar-refractivity contribution in [2.24, 2.45) is 0 Å². The third kappa shape index (κ3) is 2.04. The Kier molecular flexibility index (Phi) is 3.72. The fourth-order valence-electron chi connectivity index (χ4n) is 1.18. The Morgan fingerprint density at radius 3 is 2.31 bits per heavy atom. The molecule has 0 aromatic carbocycles. The fraction of sp³-hybridized carbons (Fsp3) is 0.857. The summed E-state index contributed by atoms with van der Waals surface area (Å²) in [5, 5.41) is 29.2. The number of hydrogen-bond acceptors (Lipinski definition) is 6. The van der Waals surface area contributed by atoms with E-state index in [-0.39, 0.29) is 0 Å². The first-order valence-corrected chi connectivity index (χ1v) is 4.26. The second-order valence-electron chi connectivity index (χ2n) is 2.81. The van der Waals surface area contributed by atoms with Gasteiger partial charge in [0.1, 0.15) is 24.4 Å². The quantitative estimate of drug-likeness (QED) is 0.476. The summed E-state index contributed by atoms with van der Waals surface area (Å²) in [7, 11) is 1.33. The molecule has 6 heteroatoms. The van der Waals surface area contributed by atoms with Gasteiger partial charge in [0.05, 0.1) is 0 Å². The van der Waals surface area contributed by atoms with Gasteiger partial charge in [0.2, 0.25) is 0 Å². The number of methoxy groups -OCH3 is 1. The second-order valence-corrected chi connectivity index (χ2v) is 3.08. The lowest BCUT2D eigenvalue weighted by molar-refractivity contribution is -0.274. The van der Waals surface area contributed by atoms with Crippen molar-refractivity contribution in [1.29, 1.82) is 0 Å². The van der Waals surface area contributed by atoms with Crippen molar-refractivity contribution in [2.45, 2.75) is 30.7 Å². The molecule has 0 saturated carbocycles. The molecule has 3 N–H and O–H groups in total. The van der Waals surface area contributed by atoms with Crippen molar-refractivity contribution in [3.05, 3.63) is 0 Å². The van der Waals surface area contributed by atoms with E-state index in [9.17, 15) is 15.3 Å². The van der Waals surface area contributed by atoms with Crippen molar-refractivity contribution >= 4 is 17.6 Å². The summed E-state index contributed by atoms with van der Waals surface area (Å²) >= 11 is 4.58. The molecule has 5 nitrogen and oxygen atoms in total. The average Bonchev–Trinajstić information content (AvgIpc) is 2.15. The van der Waals surface area contributed by atoms with Crippen molar-refractivity contribution in [3.8, 4) is 0 Å². The summed E-state index contributed by atoms with van der Waals surface area (Å²) in [6, 6.07) is 0. The summed E-state index contributed by atoms with van der Waals surface area (Å²) < 4.78 is 9.78. The third-order valence-electron chi connectivity index (χ3n) is 1.97. The van der Waals surface area contributed by atoms with E-state index in [0.29, 0.717) is 0 Å². The third-order valence-corrected chi connectivity index (χ3v) is 2.24. The summed E-state index contributed by atoms with van der Waals surface area (Å²) in [5.74, 6) is 0. The van der Waals surface area contributed by atoms with Crippen LogP contribution in [0.3, 0.4) is 0 Å². The van der Waals surface area contributed by atoms with Gasteiger partial charge in [-0.1, -0.05) is 12.2 Å². The van der Waals surface area contributed by atoms with E-state index in [0.717, 1.165) is 0 Å². The number of ether oxygens (including phenoxy) is 2. The van der Waals surface area contributed by atoms with Gasteiger partial charge in [0.15, 0.2) is 6.29 Å². The zero-order valence-electron chi connectivity index (χ0n) is 7.03. The van der Waals surface area contributed by atoms with E-state index >= 15 is 0 Å². The first-order valence-electron chi connectivity index (χ1n) is 3.79. The van der Waals surface area contributed by atoms with E-state index in [1.807, 2.05) is 0 Å². The summed E-state index contributed by atoms with van der Waals surface area (Å²) in [6.07, 6.45) is -5.52. The topological polar surface area (TPSA) is 79.2 Å². The molecule has 13 heavy (non-hydrogen) atoms. The maximum absolute atomic E-state index is 9.33. The molecule has 0 aromatic heterocycles. The number of aliphatic hydroxyl groups is 3. The van der Waals surface area contributed by atoms with Gasteiger partial charge >= 0.3 is 0 Å². The molecule has 0 bridgehead atoms. The van der Waals surface area contributed by atoms with Crippen LogP contribution >= 0.6 is 12.2 Å². The normalized spacial score (nSPS) is 46.0. The van der Waals surface area contributed by atoms with Crippen molar-refractivity contribution in [1.82, 2.24) is 0 Å². The van der Waals surface area contributed by atoms with Crippen LogP contribution < -0.4 is 0 Å². The molecule has 1 rings (SSSR count). The van der Waals surface area contributed by atoms with Crippen LogP contribution in [0.2, 0.25) is 0 Å². The van der Waals surface area contributed by atoms with E-state index in [4.69, 9.17) is 9.47 Å². The fourth-order valence-corrected chi connectivity index (χ4v) is 1.41. The van der Waals surface area contributed by atoms with Crippen LogP contribution in [0.15, 0.2) is 0 Å². The van der Waals surface area contributed by atoms with Crippen LogP contribution in [0.4, 0.5) is 0 Å². The Labute approximate surface area is 80.9 Å². The predicted octanol–water partition coefficient (Wildman–Crippen LogP) is -1.56. The molecule has 1 fully saturated rings. The Balaban J connectivity index is 2.71. The van der Waals surface area contributed by atoms with Gasteiger partial charge in [0.25, 0.3) is 0 Å². The molecule has 0 aliphatic carbocycles. The van der Waals surface area contributed by atoms with Gasteiger partial charge in [-0.25, -0.2) is 0 Å². The molecule has 0 spiro atoms. The number of rotatable bonds is 2. The molecule has 76 valence electrons. The molecule has 0 amide bonds. The molecule has 1 heterocycles. The molecule has 1 aliphatic heterocycles. The van der Waals surface area contributed by atoms with Gasteiger partial charge < -0.3 is 24.8 Å². The highest BCUT2D eigenvalue weighted by molar-refractivity contribution is 7.79. The van der Waals surface area contributed by atoms with E-state index in [1.54, 1.807) is 0 Å². The van der Waals surface area contributed by atoms with Crippen LogP contribution in [0, 0.1) is 0 Å². The van der Waals surface area contributed by atoms with Crippen LogP contribution in [0.5, 0.6) is 0 Å². The number of thiocarbonyl (C=S) groups is 1. The molecule has 0 radical (unpaired) electrons. The molecule has 1 saturated heterocycles. The number of hydrogen-bond donors (Lipinski definition) is 3. The Morgan fingerprint density at radius 2 is 1.85 bits per heavy atom. The standard InChI is InChI=1S/C7H12O5S/c1-11-7-6(10)5(9)4(8)3(2-13)12-7/h2-10H,1H3/t3-,4+,5+,6-,7+/m1/s1. The maximum Gasteiger partial charge on any atom is 0.186 e. The first kappa shape index (κ1) is 11.0. The molecule has 1 aliphatic rings. The van der Waals surface area contributed by atoms with Gasteiger partial charge in [-0.05, 0) is 0 Å². The van der Waals surface area contributed by atoms with Gasteiger partial charge in [0, 0.05) is 12.5 Å².